The number of urea groups is 1. The van der Waals surface area contributed by atoms with Crippen LogP contribution in [0.4, 0.5) is 10.5 Å². The van der Waals surface area contributed by atoms with E-state index in [1.54, 1.807) is 29.0 Å². The summed E-state index contributed by atoms with van der Waals surface area (Å²) in [5, 5.41) is 4.82. The van der Waals surface area contributed by atoms with Crippen molar-refractivity contribution in [2.24, 2.45) is 5.14 Å². The number of rotatable bonds is 6. The highest BCUT2D eigenvalue weighted by Gasteiger charge is 2.18. The van der Waals surface area contributed by atoms with E-state index in [1.165, 1.54) is 4.90 Å². The normalized spacial score (nSPS) is 11.1. The van der Waals surface area contributed by atoms with Gasteiger partial charge in [-0.3, -0.25) is 4.90 Å². The number of para-hydroxylation sites is 1. The van der Waals surface area contributed by atoms with Gasteiger partial charge in [0.2, 0.25) is 0 Å². The number of carbonyl (C=O) groups is 1. The van der Waals surface area contributed by atoms with Crippen molar-refractivity contribution in [2.45, 2.75) is 26.2 Å². The maximum absolute atomic E-state index is 11.9. The lowest BCUT2D eigenvalue weighted by Crippen LogP contribution is -2.46. The largest absolute Gasteiger partial charge is 0.336 e. The average molecular weight is 285 g/mol. The summed E-state index contributed by atoms with van der Waals surface area (Å²) in [6.07, 6.45) is 2.77. The van der Waals surface area contributed by atoms with Crippen LogP contribution in [0.5, 0.6) is 0 Å². The van der Waals surface area contributed by atoms with Crippen molar-refractivity contribution in [3.8, 4) is 0 Å². The van der Waals surface area contributed by atoms with Gasteiger partial charge in [0, 0.05) is 12.2 Å². The second-order valence-corrected chi connectivity index (χ2v) is 5.44. The Labute approximate surface area is 113 Å². The van der Waals surface area contributed by atoms with Crippen molar-refractivity contribution in [1.29, 1.82) is 0 Å². The third-order valence-electron chi connectivity index (χ3n) is 2.53. The standard InChI is InChI=1S/C12H19N3O3S/c1-2-3-7-10-15(11-8-5-4-6-9-11)12(16)14-19(13,17)18/h4-6,8-9H,2-3,7,10H2,1H3,(H,14,16)(H2,13,17,18). The molecule has 0 aliphatic heterocycles. The Bertz CT molecular complexity index is 502. The summed E-state index contributed by atoms with van der Waals surface area (Å²) in [6, 6.07) is 8.15. The van der Waals surface area contributed by atoms with Gasteiger partial charge in [-0.2, -0.15) is 8.42 Å². The second-order valence-electron chi connectivity index (χ2n) is 4.15. The van der Waals surface area contributed by atoms with Gasteiger partial charge in [0.15, 0.2) is 0 Å². The van der Waals surface area contributed by atoms with Crippen molar-refractivity contribution in [3.05, 3.63) is 30.3 Å². The molecule has 19 heavy (non-hydrogen) atoms. The van der Waals surface area contributed by atoms with E-state index >= 15 is 0 Å². The molecule has 0 saturated heterocycles. The minimum atomic E-state index is -4.05. The zero-order valence-corrected chi connectivity index (χ0v) is 11.7. The van der Waals surface area contributed by atoms with Gasteiger partial charge in [0.05, 0.1) is 0 Å². The van der Waals surface area contributed by atoms with Gasteiger partial charge in [-0.15, -0.1) is 0 Å². The molecule has 7 heteroatoms. The molecule has 2 amide bonds. The zero-order valence-electron chi connectivity index (χ0n) is 10.9. The first-order valence-corrected chi connectivity index (χ1v) is 7.65. The van der Waals surface area contributed by atoms with E-state index in [-0.39, 0.29) is 0 Å². The lowest BCUT2D eigenvalue weighted by atomic mass is 10.2. The van der Waals surface area contributed by atoms with Crippen LogP contribution in [-0.4, -0.2) is 21.0 Å². The van der Waals surface area contributed by atoms with Gasteiger partial charge >= 0.3 is 6.03 Å². The topological polar surface area (TPSA) is 92.5 Å². The molecule has 0 unspecified atom stereocenters. The molecule has 0 aromatic heterocycles. The highest BCUT2D eigenvalue weighted by molar-refractivity contribution is 7.87. The number of nitrogens with one attached hydrogen (secondary N) is 1. The van der Waals surface area contributed by atoms with Crippen molar-refractivity contribution in [2.75, 3.05) is 11.4 Å². The van der Waals surface area contributed by atoms with E-state index in [1.807, 2.05) is 6.07 Å². The molecule has 1 aromatic rings. The summed E-state index contributed by atoms with van der Waals surface area (Å²) >= 11 is 0. The minimum Gasteiger partial charge on any atom is -0.294 e. The maximum atomic E-state index is 11.9. The number of anilines is 1. The fourth-order valence-corrected chi connectivity index (χ4v) is 2.01. The highest BCUT2D eigenvalue weighted by Crippen LogP contribution is 2.14. The molecular weight excluding hydrogens is 266 g/mol. The molecule has 1 rings (SSSR count). The maximum Gasteiger partial charge on any atom is 0.336 e. The quantitative estimate of drug-likeness (QED) is 0.777. The van der Waals surface area contributed by atoms with Crippen molar-refractivity contribution in [1.82, 2.24) is 4.72 Å². The number of carbonyl (C=O) groups excluding carboxylic acids is 1. The Hall–Kier alpha value is -1.60. The van der Waals surface area contributed by atoms with Gasteiger partial charge in [-0.1, -0.05) is 38.0 Å². The van der Waals surface area contributed by atoms with Crippen LogP contribution in [-0.2, 0) is 10.2 Å². The first-order chi connectivity index (χ1) is 8.94. The summed E-state index contributed by atoms with van der Waals surface area (Å²) in [5.41, 5.74) is 0.639. The Morgan fingerprint density at radius 2 is 1.89 bits per heavy atom. The first-order valence-electron chi connectivity index (χ1n) is 6.11. The number of hydrogen-bond donors (Lipinski definition) is 2. The van der Waals surface area contributed by atoms with Gasteiger partial charge in [-0.05, 0) is 18.6 Å². The lowest BCUT2D eigenvalue weighted by molar-refractivity contribution is 0.251. The van der Waals surface area contributed by atoms with Gasteiger partial charge < -0.3 is 0 Å². The third-order valence-corrected chi connectivity index (χ3v) is 2.99. The number of amides is 2. The van der Waals surface area contributed by atoms with Crippen LogP contribution in [0.15, 0.2) is 30.3 Å². The smallest absolute Gasteiger partial charge is 0.294 e. The van der Waals surface area contributed by atoms with E-state index in [0.717, 1.165) is 19.3 Å². The summed E-state index contributed by atoms with van der Waals surface area (Å²) < 4.78 is 23.6. The van der Waals surface area contributed by atoms with Gasteiger partial charge in [0.25, 0.3) is 10.2 Å². The second kappa shape index (κ2) is 7.10. The summed E-state index contributed by atoms with van der Waals surface area (Å²) in [5.74, 6) is 0. The molecule has 0 bridgehead atoms. The molecule has 0 aliphatic rings. The van der Waals surface area contributed by atoms with E-state index in [2.05, 4.69) is 6.92 Å². The fourth-order valence-electron chi connectivity index (χ4n) is 1.65. The molecule has 3 N–H and O–H groups in total. The molecule has 6 nitrogen and oxygen atoms in total. The minimum absolute atomic E-state index is 0.444. The highest BCUT2D eigenvalue weighted by atomic mass is 32.2. The SMILES string of the molecule is CCCCCN(C(=O)NS(N)(=O)=O)c1ccccc1. The van der Waals surface area contributed by atoms with Crippen LogP contribution >= 0.6 is 0 Å². The van der Waals surface area contributed by atoms with Crippen molar-refractivity contribution >= 4 is 21.9 Å². The van der Waals surface area contributed by atoms with Crippen LogP contribution < -0.4 is 14.8 Å². The molecule has 106 valence electrons. The lowest BCUT2D eigenvalue weighted by Gasteiger charge is -2.22. The predicted octanol–water partition coefficient (Wildman–Crippen LogP) is 1.60. The van der Waals surface area contributed by atoms with Crippen LogP contribution in [0.2, 0.25) is 0 Å². The Morgan fingerprint density at radius 3 is 2.42 bits per heavy atom. The Morgan fingerprint density at radius 1 is 1.26 bits per heavy atom. The molecule has 0 spiro atoms. The number of unbranched alkanes of at least 4 members (excludes halogenated alkanes) is 2. The molecule has 0 atom stereocenters. The van der Waals surface area contributed by atoms with Gasteiger partial charge in [-0.25, -0.2) is 14.7 Å². The molecule has 0 radical (unpaired) electrons. The molecule has 0 saturated carbocycles. The molecule has 0 aliphatic carbocycles. The van der Waals surface area contributed by atoms with E-state index in [4.69, 9.17) is 5.14 Å². The summed E-state index contributed by atoms with van der Waals surface area (Å²) in [6.45, 7) is 2.50. The Balaban J connectivity index is 2.83. The van der Waals surface area contributed by atoms with Crippen LogP contribution in [0.25, 0.3) is 0 Å². The molecular formula is C12H19N3O3S. The number of benzene rings is 1. The number of hydrogen-bond acceptors (Lipinski definition) is 3. The van der Waals surface area contributed by atoms with E-state index in [9.17, 15) is 13.2 Å². The Kier molecular flexibility index (Phi) is 5.78. The zero-order chi connectivity index (χ0) is 14.3. The molecule has 0 heterocycles. The van der Waals surface area contributed by atoms with Gasteiger partial charge in [0.1, 0.15) is 0 Å². The third kappa shape index (κ3) is 5.71. The summed E-state index contributed by atoms with van der Waals surface area (Å²) in [4.78, 5) is 13.3. The molecule has 0 fully saturated rings. The van der Waals surface area contributed by atoms with Crippen LogP contribution in [0, 0.1) is 0 Å². The predicted molar refractivity (Wildman–Crippen MR) is 75.0 cm³/mol. The average Bonchev–Trinajstić information content (AvgIpc) is 2.33. The fraction of sp³-hybridized carbons (Fsp3) is 0.417. The monoisotopic (exact) mass is 285 g/mol. The molecule has 1 aromatic carbocycles. The van der Waals surface area contributed by atoms with E-state index in [0.29, 0.717) is 12.2 Å². The summed E-state index contributed by atoms with van der Waals surface area (Å²) in [7, 11) is -4.05. The van der Waals surface area contributed by atoms with E-state index < -0.39 is 16.2 Å². The van der Waals surface area contributed by atoms with Crippen molar-refractivity contribution in [3.63, 3.8) is 0 Å². The first kappa shape index (κ1) is 15.5. The number of nitrogens with zero attached hydrogens (tertiary/aromatic N) is 1. The van der Waals surface area contributed by atoms with Crippen molar-refractivity contribution < 1.29 is 13.2 Å². The van der Waals surface area contributed by atoms with Crippen LogP contribution in [0.1, 0.15) is 26.2 Å². The van der Waals surface area contributed by atoms with Crippen LogP contribution in [0.3, 0.4) is 0 Å². The number of nitrogens with two attached hydrogens (primary N) is 1.